The molecule has 6 nitrogen and oxygen atoms in total. The molecule has 2 N–H and O–H groups in total. The zero-order chi connectivity index (χ0) is 13.8. The fourth-order valence-corrected chi connectivity index (χ4v) is 1.97. The van der Waals surface area contributed by atoms with E-state index in [9.17, 15) is 9.90 Å². The SMILES string of the molecule is COCC(O)CNc1c(Cl)cnn(CC2CC2)c1=O. The average Bonchev–Trinajstić information content (AvgIpc) is 3.17. The van der Waals surface area contributed by atoms with E-state index in [0.717, 1.165) is 12.8 Å². The number of hydrogen-bond donors (Lipinski definition) is 2. The number of aliphatic hydroxyl groups excluding tert-OH is 1. The van der Waals surface area contributed by atoms with Crippen molar-refractivity contribution in [1.29, 1.82) is 0 Å². The van der Waals surface area contributed by atoms with Gasteiger partial charge in [-0.25, -0.2) is 4.68 Å². The summed E-state index contributed by atoms with van der Waals surface area (Å²) in [4.78, 5) is 12.2. The maximum Gasteiger partial charge on any atom is 0.291 e. The molecule has 0 saturated heterocycles. The minimum Gasteiger partial charge on any atom is -0.389 e. The Hall–Kier alpha value is -1.11. The Morgan fingerprint density at radius 3 is 3.05 bits per heavy atom. The van der Waals surface area contributed by atoms with E-state index in [4.69, 9.17) is 16.3 Å². The molecular formula is C12H18ClN3O3. The van der Waals surface area contributed by atoms with E-state index in [1.807, 2.05) is 0 Å². The van der Waals surface area contributed by atoms with Crippen molar-refractivity contribution in [3.8, 4) is 0 Å². The van der Waals surface area contributed by atoms with Crippen LogP contribution in [0.5, 0.6) is 0 Å². The van der Waals surface area contributed by atoms with Crippen molar-refractivity contribution in [2.24, 2.45) is 5.92 Å². The summed E-state index contributed by atoms with van der Waals surface area (Å²) in [6.45, 7) is 1.04. The van der Waals surface area contributed by atoms with Gasteiger partial charge in [-0.2, -0.15) is 5.10 Å². The second-order valence-corrected chi connectivity index (χ2v) is 5.20. The molecule has 1 aliphatic carbocycles. The number of aromatic nitrogens is 2. The molecule has 19 heavy (non-hydrogen) atoms. The number of anilines is 1. The van der Waals surface area contributed by atoms with Crippen LogP contribution in [-0.2, 0) is 11.3 Å². The molecular weight excluding hydrogens is 270 g/mol. The van der Waals surface area contributed by atoms with Gasteiger partial charge in [0.2, 0.25) is 0 Å². The van der Waals surface area contributed by atoms with Crippen molar-refractivity contribution in [3.63, 3.8) is 0 Å². The van der Waals surface area contributed by atoms with Crippen molar-refractivity contribution in [2.75, 3.05) is 25.6 Å². The summed E-state index contributed by atoms with van der Waals surface area (Å²) in [6.07, 6.45) is 3.06. The molecule has 1 aromatic rings. The van der Waals surface area contributed by atoms with Gasteiger partial charge in [0, 0.05) is 20.2 Å². The van der Waals surface area contributed by atoms with Crippen LogP contribution in [0.25, 0.3) is 0 Å². The van der Waals surface area contributed by atoms with Crippen molar-refractivity contribution in [3.05, 3.63) is 21.6 Å². The molecule has 0 aliphatic heterocycles. The first kappa shape index (κ1) is 14.3. The van der Waals surface area contributed by atoms with Crippen LogP contribution in [0.2, 0.25) is 5.02 Å². The molecule has 7 heteroatoms. The van der Waals surface area contributed by atoms with Gasteiger partial charge in [-0.15, -0.1) is 0 Å². The molecule has 1 fully saturated rings. The molecule has 0 amide bonds. The van der Waals surface area contributed by atoms with Gasteiger partial charge in [0.1, 0.15) is 5.69 Å². The first-order valence-electron chi connectivity index (χ1n) is 6.28. The van der Waals surface area contributed by atoms with E-state index in [-0.39, 0.29) is 29.4 Å². The van der Waals surface area contributed by atoms with Crippen molar-refractivity contribution >= 4 is 17.3 Å². The number of nitrogens with zero attached hydrogens (tertiary/aromatic N) is 2. The number of methoxy groups -OCH3 is 1. The molecule has 0 bridgehead atoms. The molecule has 2 rings (SSSR count). The molecule has 106 valence electrons. The van der Waals surface area contributed by atoms with Crippen LogP contribution >= 0.6 is 11.6 Å². The highest BCUT2D eigenvalue weighted by Gasteiger charge is 2.23. The van der Waals surface area contributed by atoms with Gasteiger partial charge >= 0.3 is 0 Å². The van der Waals surface area contributed by atoms with E-state index in [0.29, 0.717) is 12.5 Å². The number of aliphatic hydroxyl groups is 1. The number of nitrogens with one attached hydrogen (secondary N) is 1. The zero-order valence-corrected chi connectivity index (χ0v) is 11.6. The van der Waals surface area contributed by atoms with Crippen LogP contribution < -0.4 is 10.9 Å². The van der Waals surface area contributed by atoms with Gasteiger partial charge in [-0.05, 0) is 18.8 Å². The van der Waals surface area contributed by atoms with Crippen LogP contribution in [0.3, 0.4) is 0 Å². The lowest BCUT2D eigenvalue weighted by Crippen LogP contribution is -2.30. The second-order valence-electron chi connectivity index (χ2n) is 4.79. The normalized spacial score (nSPS) is 16.4. The van der Waals surface area contributed by atoms with E-state index in [1.54, 1.807) is 0 Å². The third-order valence-corrected chi connectivity index (χ3v) is 3.29. The standard InChI is InChI=1S/C12H18ClN3O3/c1-19-7-9(17)4-14-11-10(13)5-15-16(12(11)18)6-8-2-3-8/h5,8-9,14,17H,2-4,6-7H2,1H3. The Morgan fingerprint density at radius 2 is 2.42 bits per heavy atom. The molecule has 1 aliphatic rings. The Balaban J connectivity index is 2.07. The summed E-state index contributed by atoms with van der Waals surface area (Å²) in [5.74, 6) is 0.554. The maximum absolute atomic E-state index is 12.2. The minimum absolute atomic E-state index is 0.200. The van der Waals surface area contributed by atoms with Crippen molar-refractivity contribution in [1.82, 2.24) is 9.78 Å². The largest absolute Gasteiger partial charge is 0.389 e. The summed E-state index contributed by atoms with van der Waals surface area (Å²) in [5.41, 5.74) is 0.0384. The molecule has 1 atom stereocenters. The summed E-state index contributed by atoms with van der Waals surface area (Å²) >= 11 is 5.96. The first-order valence-corrected chi connectivity index (χ1v) is 6.66. The minimum atomic E-state index is -0.689. The zero-order valence-electron chi connectivity index (χ0n) is 10.8. The molecule has 1 heterocycles. The first-order chi connectivity index (χ1) is 9.11. The third kappa shape index (κ3) is 3.92. The predicted molar refractivity (Wildman–Crippen MR) is 72.6 cm³/mol. The lowest BCUT2D eigenvalue weighted by Gasteiger charge is -2.13. The average molecular weight is 288 g/mol. The molecule has 0 spiro atoms. The van der Waals surface area contributed by atoms with Gasteiger partial charge in [-0.1, -0.05) is 11.6 Å². The van der Waals surface area contributed by atoms with Gasteiger partial charge in [-0.3, -0.25) is 4.79 Å². The highest BCUT2D eigenvalue weighted by atomic mass is 35.5. The topological polar surface area (TPSA) is 76.4 Å². The fourth-order valence-electron chi connectivity index (χ4n) is 1.77. The smallest absolute Gasteiger partial charge is 0.291 e. The monoisotopic (exact) mass is 287 g/mol. The highest BCUT2D eigenvalue weighted by molar-refractivity contribution is 6.32. The lowest BCUT2D eigenvalue weighted by atomic mass is 10.3. The number of hydrogen-bond acceptors (Lipinski definition) is 5. The molecule has 1 aromatic heterocycles. The quantitative estimate of drug-likeness (QED) is 0.773. The Bertz CT molecular complexity index is 488. The third-order valence-electron chi connectivity index (χ3n) is 3.00. The van der Waals surface area contributed by atoms with Gasteiger partial charge in [0.05, 0.1) is 23.9 Å². The number of rotatable bonds is 7. The van der Waals surface area contributed by atoms with Gasteiger partial charge in [0.25, 0.3) is 5.56 Å². The Labute approximate surface area is 116 Å². The van der Waals surface area contributed by atoms with E-state index in [1.165, 1.54) is 18.0 Å². The Kier molecular flexibility index (Phi) is 4.79. The molecule has 0 aromatic carbocycles. The lowest BCUT2D eigenvalue weighted by molar-refractivity contribution is 0.0727. The van der Waals surface area contributed by atoms with Gasteiger partial charge < -0.3 is 15.2 Å². The summed E-state index contributed by atoms with van der Waals surface area (Å²) < 4.78 is 6.24. The maximum atomic E-state index is 12.2. The van der Waals surface area contributed by atoms with E-state index < -0.39 is 6.10 Å². The van der Waals surface area contributed by atoms with Gasteiger partial charge in [0.15, 0.2) is 0 Å². The predicted octanol–water partition coefficient (Wildman–Crippen LogP) is 0.726. The van der Waals surface area contributed by atoms with Crippen molar-refractivity contribution < 1.29 is 9.84 Å². The van der Waals surface area contributed by atoms with Crippen LogP contribution in [-0.4, -0.2) is 41.3 Å². The van der Waals surface area contributed by atoms with Crippen LogP contribution in [0.4, 0.5) is 5.69 Å². The Morgan fingerprint density at radius 1 is 1.68 bits per heavy atom. The summed E-state index contributed by atoms with van der Waals surface area (Å²) in [7, 11) is 1.51. The molecule has 0 radical (unpaired) electrons. The van der Waals surface area contributed by atoms with Crippen molar-refractivity contribution in [2.45, 2.75) is 25.5 Å². The summed E-state index contributed by atoms with van der Waals surface area (Å²) in [6, 6.07) is 0. The summed E-state index contributed by atoms with van der Waals surface area (Å²) in [5, 5.41) is 16.7. The van der Waals surface area contributed by atoms with Crippen LogP contribution in [0.15, 0.2) is 11.0 Å². The van der Waals surface area contributed by atoms with E-state index in [2.05, 4.69) is 10.4 Å². The molecule has 1 saturated carbocycles. The number of halogens is 1. The molecule has 1 unspecified atom stereocenters. The number of ether oxygens (including phenoxy) is 1. The second kappa shape index (κ2) is 6.36. The van der Waals surface area contributed by atoms with Crippen LogP contribution in [0.1, 0.15) is 12.8 Å². The van der Waals surface area contributed by atoms with E-state index >= 15 is 0 Å². The van der Waals surface area contributed by atoms with Crippen LogP contribution in [0, 0.1) is 5.92 Å². The fraction of sp³-hybridized carbons (Fsp3) is 0.667. The highest BCUT2D eigenvalue weighted by Crippen LogP contribution is 2.30.